The van der Waals surface area contributed by atoms with Crippen LogP contribution in [0.15, 0.2) is 146 Å². The van der Waals surface area contributed by atoms with Crippen molar-refractivity contribution in [3.8, 4) is 11.5 Å². The first-order valence-corrected chi connectivity index (χ1v) is 17.5. The fourth-order valence-corrected chi connectivity index (χ4v) is 6.11. The molecule has 0 heterocycles. The number of phenols is 2. The number of nitrogens with one attached hydrogen (secondary N) is 2. The quantitative estimate of drug-likeness (QED) is 0.0583. The molecule has 0 saturated heterocycles. The van der Waals surface area contributed by atoms with Crippen LogP contribution in [0, 0.1) is 0 Å². The molecule has 6 N–H and O–H groups in total. The van der Waals surface area contributed by atoms with Crippen LogP contribution < -0.4 is 75.5 Å². The standard InChI is InChI=1S/C34H27N7O8S2.2Na/c35-28-19-27(50(44,45)46)16-20-17-31(51(47,48)49)33(34(43)32(20)28)41-39-25-12-8-23(9-13-25)36-22-6-10-24(11-7-22)38-40-29-15-14-26(42)18-30(29)37-21-4-2-1-3-5-21;;/h1-19,36-37,42-43H,35H2,(H,44,45,46)(H,47,48,49);;/q;2*+1/p-2. The Morgan fingerprint density at radius 1 is 0.604 bits per heavy atom. The van der Waals surface area contributed by atoms with Crippen LogP contribution in [-0.2, 0) is 20.2 Å². The summed E-state index contributed by atoms with van der Waals surface area (Å²) >= 11 is 0. The van der Waals surface area contributed by atoms with Crippen molar-refractivity contribution >= 4 is 82.2 Å². The summed E-state index contributed by atoms with van der Waals surface area (Å²) in [5.74, 6) is -0.760. The molecule has 0 aliphatic rings. The molecule has 0 aromatic heterocycles. The minimum Gasteiger partial charge on any atom is -0.744 e. The number of nitrogen functional groups attached to an aromatic ring is 1. The van der Waals surface area contributed by atoms with Crippen LogP contribution in [0.4, 0.5) is 51.2 Å². The summed E-state index contributed by atoms with van der Waals surface area (Å²) in [5, 5.41) is 43.1. The van der Waals surface area contributed by atoms with E-state index in [9.17, 15) is 36.2 Å². The third-order valence-electron chi connectivity index (χ3n) is 7.31. The minimum absolute atomic E-state index is 0. The van der Waals surface area contributed by atoms with Gasteiger partial charge >= 0.3 is 59.1 Å². The molecule has 53 heavy (non-hydrogen) atoms. The summed E-state index contributed by atoms with van der Waals surface area (Å²) in [4.78, 5) is -1.77. The van der Waals surface area contributed by atoms with Gasteiger partial charge in [-0.1, -0.05) is 18.2 Å². The van der Waals surface area contributed by atoms with Gasteiger partial charge in [0, 0.05) is 34.2 Å². The molecule has 6 rings (SSSR count). The summed E-state index contributed by atoms with van der Waals surface area (Å²) in [6.07, 6.45) is 0. The van der Waals surface area contributed by atoms with Gasteiger partial charge in [-0.3, -0.25) is 0 Å². The Bertz CT molecular complexity index is 2560. The fraction of sp³-hybridized carbons (Fsp3) is 0. The molecule has 0 fully saturated rings. The van der Waals surface area contributed by atoms with E-state index in [0.29, 0.717) is 22.7 Å². The Kier molecular flexibility index (Phi) is 13.4. The van der Waals surface area contributed by atoms with E-state index in [4.69, 9.17) is 5.73 Å². The van der Waals surface area contributed by atoms with E-state index < -0.39 is 41.5 Å². The summed E-state index contributed by atoms with van der Waals surface area (Å²) in [6.45, 7) is 0. The third kappa shape index (κ3) is 10.2. The number of benzene rings is 6. The first kappa shape index (κ1) is 41.4. The molecule has 6 aromatic rings. The van der Waals surface area contributed by atoms with Crippen molar-refractivity contribution in [1.29, 1.82) is 0 Å². The van der Waals surface area contributed by atoms with Crippen molar-refractivity contribution in [2.75, 3.05) is 16.4 Å². The van der Waals surface area contributed by atoms with E-state index in [2.05, 4.69) is 31.1 Å². The summed E-state index contributed by atoms with van der Waals surface area (Å²) in [5.41, 5.74) is 8.88. The predicted molar refractivity (Wildman–Crippen MR) is 188 cm³/mol. The Hall–Kier alpha value is -4.40. The van der Waals surface area contributed by atoms with Gasteiger partial charge in [-0.05, 0) is 96.4 Å². The van der Waals surface area contributed by atoms with Crippen molar-refractivity contribution in [3.05, 3.63) is 115 Å². The van der Waals surface area contributed by atoms with Gasteiger partial charge in [0.25, 0.3) is 0 Å². The number of hydrogen-bond donors (Lipinski definition) is 5. The number of nitrogens with zero attached hydrogens (tertiary/aromatic N) is 4. The van der Waals surface area contributed by atoms with E-state index in [1.54, 1.807) is 48.5 Å². The molecule has 258 valence electrons. The number of azo groups is 2. The number of fused-ring (bicyclic) bond motifs is 1. The molecular formula is C34H25N7Na2O8S2. The first-order chi connectivity index (χ1) is 24.2. The maximum atomic E-state index is 12.0. The first-order valence-electron chi connectivity index (χ1n) is 14.7. The van der Waals surface area contributed by atoms with E-state index in [1.807, 2.05) is 30.3 Å². The molecule has 0 radical (unpaired) electrons. The van der Waals surface area contributed by atoms with Gasteiger partial charge in [0.1, 0.15) is 37.4 Å². The smallest absolute Gasteiger partial charge is 0.744 e. The Morgan fingerprint density at radius 3 is 1.74 bits per heavy atom. The van der Waals surface area contributed by atoms with Crippen molar-refractivity contribution in [3.63, 3.8) is 0 Å². The topological polar surface area (TPSA) is 254 Å². The maximum absolute atomic E-state index is 12.0. The van der Waals surface area contributed by atoms with Gasteiger partial charge in [0.05, 0.1) is 26.9 Å². The molecule has 6 aromatic carbocycles. The molecule has 0 unspecified atom stereocenters. The Labute approximate surface area is 347 Å². The van der Waals surface area contributed by atoms with Crippen molar-refractivity contribution < 1.29 is 95.3 Å². The van der Waals surface area contributed by atoms with Crippen LogP contribution in [0.2, 0.25) is 0 Å². The molecule has 19 heteroatoms. The van der Waals surface area contributed by atoms with Crippen LogP contribution in [0.3, 0.4) is 0 Å². The van der Waals surface area contributed by atoms with E-state index >= 15 is 0 Å². The Balaban J connectivity index is 0.00000314. The molecular weight excluding hydrogens is 745 g/mol. The number of phenolic OH excluding ortho intramolecular Hbond substituents is 2. The molecule has 0 amide bonds. The molecule has 0 atom stereocenters. The predicted octanol–water partition coefficient (Wildman–Crippen LogP) is 1.97. The minimum atomic E-state index is -5.26. The molecule has 0 aliphatic heterocycles. The van der Waals surface area contributed by atoms with Gasteiger partial charge in [-0.2, -0.15) is 10.2 Å². The second-order valence-corrected chi connectivity index (χ2v) is 13.6. The van der Waals surface area contributed by atoms with Gasteiger partial charge in [0.2, 0.25) is 0 Å². The third-order valence-corrected chi connectivity index (χ3v) is 8.97. The fourth-order valence-electron chi connectivity index (χ4n) is 4.92. The number of aromatic hydroxyl groups is 2. The average Bonchev–Trinajstić information content (AvgIpc) is 3.08. The van der Waals surface area contributed by atoms with Gasteiger partial charge in [-0.25, -0.2) is 16.8 Å². The van der Waals surface area contributed by atoms with Crippen molar-refractivity contribution in [2.45, 2.75) is 9.79 Å². The summed E-state index contributed by atoms with van der Waals surface area (Å²) < 4.78 is 70.6. The average molecular weight is 770 g/mol. The number of nitrogens with two attached hydrogens (primary N) is 1. The Morgan fingerprint density at radius 2 is 1.17 bits per heavy atom. The van der Waals surface area contributed by atoms with Crippen LogP contribution >= 0.6 is 0 Å². The molecule has 0 saturated carbocycles. The van der Waals surface area contributed by atoms with Gasteiger partial charge in [-0.15, -0.1) is 10.2 Å². The van der Waals surface area contributed by atoms with E-state index in [0.717, 1.165) is 29.6 Å². The number of anilines is 5. The van der Waals surface area contributed by atoms with Crippen molar-refractivity contribution in [1.82, 2.24) is 0 Å². The zero-order valence-corrected chi connectivity index (χ0v) is 33.6. The van der Waals surface area contributed by atoms with Gasteiger partial charge < -0.3 is 35.7 Å². The van der Waals surface area contributed by atoms with Crippen LogP contribution in [0.25, 0.3) is 10.8 Å². The molecule has 0 aliphatic carbocycles. The van der Waals surface area contributed by atoms with Crippen molar-refractivity contribution in [2.24, 2.45) is 20.5 Å². The normalized spacial score (nSPS) is 11.7. The van der Waals surface area contributed by atoms with E-state index in [-0.39, 0.29) is 87.0 Å². The monoisotopic (exact) mass is 769 g/mol. The maximum Gasteiger partial charge on any atom is 1.00 e. The number of rotatable bonds is 10. The molecule has 0 spiro atoms. The van der Waals surface area contributed by atoms with Crippen LogP contribution in [0.5, 0.6) is 11.5 Å². The zero-order valence-electron chi connectivity index (χ0n) is 28.0. The van der Waals surface area contributed by atoms with Crippen LogP contribution in [0.1, 0.15) is 0 Å². The zero-order chi connectivity index (χ0) is 36.3. The largest absolute Gasteiger partial charge is 1.00 e. The second-order valence-electron chi connectivity index (χ2n) is 10.9. The summed E-state index contributed by atoms with van der Waals surface area (Å²) in [7, 11) is -10.2. The van der Waals surface area contributed by atoms with Gasteiger partial charge in [0.15, 0.2) is 5.75 Å². The van der Waals surface area contributed by atoms with Crippen LogP contribution in [-0.4, -0.2) is 36.2 Å². The second kappa shape index (κ2) is 17.2. The number of para-hydroxylation sites is 1. The SMILES string of the molecule is Nc1cc(S(=O)(=O)[O-])cc2cc(S(=O)(=O)[O-])c(N=Nc3ccc(Nc4ccc(N=Nc5ccc(O)cc5Nc5ccccc5)cc4)cc3)c(O)c12.[Na+].[Na+]. The molecule has 15 nitrogen and oxygen atoms in total. The summed E-state index contributed by atoms with van der Waals surface area (Å²) in [6, 6.07) is 30.0. The number of hydrogen-bond acceptors (Lipinski definition) is 15. The molecule has 0 bridgehead atoms. The van der Waals surface area contributed by atoms with E-state index in [1.165, 1.54) is 18.2 Å².